The second kappa shape index (κ2) is 10.4. The van der Waals surface area contributed by atoms with Gasteiger partial charge in [-0.15, -0.1) is 6.42 Å². The van der Waals surface area contributed by atoms with Gasteiger partial charge in [0.2, 0.25) is 0 Å². The average molecular weight is 503 g/mol. The van der Waals surface area contributed by atoms with E-state index in [1.807, 2.05) is 74.5 Å². The molecule has 6 heteroatoms. The molecule has 1 unspecified atom stereocenters. The van der Waals surface area contributed by atoms with Crippen molar-refractivity contribution >= 4 is 10.9 Å². The standard InChI is InChI=1S/C32H30N4O2/c1-6-18-38-26-16-17-28-27(19-26)30(24-14-12-23(13-15-24)20(2)3)33-32(37)36(28)31(25-10-8-7-9-11-25)29-21(4)34-35-22(29)5/h1,7-17,19-20,31H,18H2,2-5H3,(H,34,35). The molecule has 38 heavy (non-hydrogen) atoms. The molecule has 5 rings (SSSR count). The number of H-pyrrole nitrogens is 1. The fraction of sp³-hybridized carbons (Fsp3) is 0.219. The Bertz CT molecular complexity index is 1670. The minimum Gasteiger partial charge on any atom is -0.481 e. The van der Waals surface area contributed by atoms with E-state index in [9.17, 15) is 4.79 Å². The Morgan fingerprint density at radius 2 is 1.74 bits per heavy atom. The third-order valence-corrected chi connectivity index (χ3v) is 6.90. The number of rotatable bonds is 7. The number of ether oxygens (including phenoxy) is 1. The van der Waals surface area contributed by atoms with Crippen LogP contribution >= 0.6 is 0 Å². The fourth-order valence-electron chi connectivity index (χ4n) is 4.98. The minimum atomic E-state index is -0.424. The number of fused-ring (bicyclic) bond motifs is 1. The summed E-state index contributed by atoms with van der Waals surface area (Å²) in [7, 11) is 0. The second-order valence-electron chi connectivity index (χ2n) is 9.72. The van der Waals surface area contributed by atoms with Crippen molar-refractivity contribution in [3.05, 3.63) is 111 Å². The van der Waals surface area contributed by atoms with Crippen LogP contribution in [-0.4, -0.2) is 26.4 Å². The summed E-state index contributed by atoms with van der Waals surface area (Å²) in [4.78, 5) is 18.6. The van der Waals surface area contributed by atoms with Crippen LogP contribution in [0.15, 0.2) is 77.6 Å². The quantitative estimate of drug-likeness (QED) is 0.270. The maximum atomic E-state index is 14.0. The first kappa shape index (κ1) is 25.0. The Morgan fingerprint density at radius 3 is 2.37 bits per heavy atom. The monoisotopic (exact) mass is 502 g/mol. The summed E-state index contributed by atoms with van der Waals surface area (Å²) in [5, 5.41) is 8.32. The topological polar surface area (TPSA) is 72.8 Å². The van der Waals surface area contributed by atoms with Crippen LogP contribution in [-0.2, 0) is 0 Å². The summed E-state index contributed by atoms with van der Waals surface area (Å²) in [5.74, 6) is 3.54. The second-order valence-corrected chi connectivity index (χ2v) is 9.72. The van der Waals surface area contributed by atoms with Gasteiger partial charge in [0, 0.05) is 22.2 Å². The van der Waals surface area contributed by atoms with Gasteiger partial charge in [-0.05, 0) is 49.1 Å². The molecule has 6 nitrogen and oxygen atoms in total. The molecule has 2 aromatic heterocycles. The number of nitrogens with one attached hydrogen (secondary N) is 1. The van der Waals surface area contributed by atoms with Crippen LogP contribution in [0, 0.1) is 26.2 Å². The van der Waals surface area contributed by atoms with Crippen LogP contribution in [0.2, 0.25) is 0 Å². The van der Waals surface area contributed by atoms with Crippen molar-refractivity contribution in [3.8, 4) is 29.4 Å². The minimum absolute atomic E-state index is 0.150. The Kier molecular flexibility index (Phi) is 6.85. The zero-order chi connectivity index (χ0) is 26.8. The molecule has 1 atom stereocenters. The van der Waals surface area contributed by atoms with Gasteiger partial charge >= 0.3 is 5.69 Å². The van der Waals surface area contributed by atoms with Gasteiger partial charge in [0.05, 0.1) is 22.9 Å². The van der Waals surface area contributed by atoms with Gasteiger partial charge in [-0.2, -0.15) is 10.1 Å². The normalized spacial score (nSPS) is 12.0. The van der Waals surface area contributed by atoms with Gasteiger partial charge in [0.15, 0.2) is 0 Å². The highest BCUT2D eigenvalue weighted by molar-refractivity contribution is 5.93. The first-order valence-corrected chi connectivity index (χ1v) is 12.7. The summed E-state index contributed by atoms with van der Waals surface area (Å²) in [6.07, 6.45) is 5.44. The van der Waals surface area contributed by atoms with Crippen molar-refractivity contribution in [1.82, 2.24) is 19.7 Å². The molecule has 0 bridgehead atoms. The molecule has 0 amide bonds. The smallest absolute Gasteiger partial charge is 0.349 e. The zero-order valence-corrected chi connectivity index (χ0v) is 22.0. The summed E-state index contributed by atoms with van der Waals surface area (Å²) < 4.78 is 7.52. The molecule has 2 heterocycles. The molecule has 3 aromatic carbocycles. The third-order valence-electron chi connectivity index (χ3n) is 6.90. The van der Waals surface area contributed by atoms with E-state index in [1.165, 1.54) is 5.56 Å². The summed E-state index contributed by atoms with van der Waals surface area (Å²) >= 11 is 0. The number of hydrogen-bond donors (Lipinski definition) is 1. The van der Waals surface area contributed by atoms with E-state index in [0.717, 1.165) is 39.0 Å². The molecule has 0 fully saturated rings. The lowest BCUT2D eigenvalue weighted by molar-refractivity contribution is 0.371. The lowest BCUT2D eigenvalue weighted by atomic mass is 9.95. The Morgan fingerprint density at radius 1 is 1.00 bits per heavy atom. The van der Waals surface area contributed by atoms with E-state index < -0.39 is 6.04 Å². The number of aromatic amines is 1. The van der Waals surface area contributed by atoms with Gasteiger partial charge in [0.1, 0.15) is 12.4 Å². The summed E-state index contributed by atoms with van der Waals surface area (Å²) in [6.45, 7) is 8.39. The third kappa shape index (κ3) is 4.59. The predicted molar refractivity (Wildman–Crippen MR) is 152 cm³/mol. The SMILES string of the molecule is C#CCOc1ccc2c(c1)c(-c1ccc(C(C)C)cc1)nc(=O)n2C(c1ccccc1)c1c(C)n[nH]c1C. The zero-order valence-electron chi connectivity index (χ0n) is 22.0. The van der Waals surface area contributed by atoms with E-state index in [-0.39, 0.29) is 12.3 Å². The fourth-order valence-corrected chi connectivity index (χ4v) is 4.98. The largest absolute Gasteiger partial charge is 0.481 e. The number of aromatic nitrogens is 4. The van der Waals surface area contributed by atoms with E-state index in [0.29, 0.717) is 17.4 Å². The van der Waals surface area contributed by atoms with Gasteiger partial charge < -0.3 is 4.74 Å². The van der Waals surface area contributed by atoms with Crippen molar-refractivity contribution in [1.29, 1.82) is 0 Å². The van der Waals surface area contributed by atoms with Crippen molar-refractivity contribution in [2.75, 3.05) is 6.61 Å². The Labute approximate surface area is 222 Å². The number of hydrogen-bond acceptors (Lipinski definition) is 4. The molecule has 0 radical (unpaired) electrons. The molecule has 0 saturated heterocycles. The van der Waals surface area contributed by atoms with E-state index >= 15 is 0 Å². The molecule has 5 aromatic rings. The number of nitrogens with zero attached hydrogens (tertiary/aromatic N) is 3. The number of aryl methyl sites for hydroxylation is 2. The first-order valence-electron chi connectivity index (χ1n) is 12.7. The maximum absolute atomic E-state index is 14.0. The highest BCUT2D eigenvalue weighted by atomic mass is 16.5. The van der Waals surface area contributed by atoms with Crippen molar-refractivity contribution in [2.45, 2.75) is 39.7 Å². The molecule has 0 aliphatic rings. The molecule has 0 spiro atoms. The van der Waals surface area contributed by atoms with E-state index in [2.05, 4.69) is 47.1 Å². The lowest BCUT2D eigenvalue weighted by Gasteiger charge is -2.24. The van der Waals surface area contributed by atoms with E-state index in [1.54, 1.807) is 4.57 Å². The van der Waals surface area contributed by atoms with Crippen LogP contribution in [0.5, 0.6) is 5.75 Å². The van der Waals surface area contributed by atoms with Crippen LogP contribution in [0.3, 0.4) is 0 Å². The Hall–Kier alpha value is -4.63. The summed E-state index contributed by atoms with van der Waals surface area (Å²) in [6, 6.07) is 23.4. The van der Waals surface area contributed by atoms with Gasteiger partial charge in [-0.3, -0.25) is 9.67 Å². The average Bonchev–Trinajstić information content (AvgIpc) is 3.26. The van der Waals surface area contributed by atoms with Gasteiger partial charge in [-0.25, -0.2) is 4.79 Å². The van der Waals surface area contributed by atoms with Crippen molar-refractivity contribution in [3.63, 3.8) is 0 Å². The highest BCUT2D eigenvalue weighted by Gasteiger charge is 2.27. The van der Waals surface area contributed by atoms with Crippen LogP contribution in [0.1, 0.15) is 53.9 Å². The first-order chi connectivity index (χ1) is 18.4. The lowest BCUT2D eigenvalue weighted by Crippen LogP contribution is -2.30. The molecule has 0 aliphatic heterocycles. The molecule has 0 aliphatic carbocycles. The van der Waals surface area contributed by atoms with Gasteiger partial charge in [-0.1, -0.05) is 74.4 Å². The van der Waals surface area contributed by atoms with Crippen molar-refractivity contribution in [2.24, 2.45) is 0 Å². The number of terminal acetylenes is 1. The highest BCUT2D eigenvalue weighted by Crippen LogP contribution is 2.35. The molecule has 190 valence electrons. The maximum Gasteiger partial charge on any atom is 0.349 e. The van der Waals surface area contributed by atoms with Crippen LogP contribution < -0.4 is 10.4 Å². The molecular formula is C32H30N4O2. The van der Waals surface area contributed by atoms with E-state index in [4.69, 9.17) is 11.2 Å². The van der Waals surface area contributed by atoms with Gasteiger partial charge in [0.25, 0.3) is 0 Å². The molecule has 1 N–H and O–H groups in total. The molecule has 0 saturated carbocycles. The van der Waals surface area contributed by atoms with Crippen molar-refractivity contribution < 1.29 is 4.74 Å². The molecular weight excluding hydrogens is 472 g/mol. The summed E-state index contributed by atoms with van der Waals surface area (Å²) in [5.41, 5.74) is 6.74. The number of benzene rings is 3. The van der Waals surface area contributed by atoms with Crippen LogP contribution in [0.4, 0.5) is 0 Å². The Balaban J connectivity index is 1.82. The predicted octanol–water partition coefficient (Wildman–Crippen LogP) is 6.18. The van der Waals surface area contributed by atoms with Crippen LogP contribution in [0.25, 0.3) is 22.2 Å².